The van der Waals surface area contributed by atoms with Crippen LogP contribution in [0.5, 0.6) is 5.75 Å². The van der Waals surface area contributed by atoms with E-state index in [0.717, 1.165) is 6.07 Å². The first kappa shape index (κ1) is 12.7. The second-order valence-corrected chi connectivity index (χ2v) is 4.03. The first-order chi connectivity index (χ1) is 8.21. The number of carbonyl (C=O) groups excluding carboxylic acids is 1. The van der Waals surface area contributed by atoms with Crippen LogP contribution in [0.15, 0.2) is 12.1 Å². The van der Waals surface area contributed by atoms with Gasteiger partial charge in [-0.3, -0.25) is 4.79 Å². The molecule has 18 heavy (non-hydrogen) atoms. The Balaban J connectivity index is 2.67. The van der Waals surface area contributed by atoms with Crippen molar-refractivity contribution in [3.05, 3.63) is 23.3 Å². The molecule has 0 radical (unpaired) electrons. The van der Waals surface area contributed by atoms with Crippen molar-refractivity contribution in [1.82, 2.24) is 0 Å². The lowest BCUT2D eigenvalue weighted by Crippen LogP contribution is -2.47. The van der Waals surface area contributed by atoms with Crippen molar-refractivity contribution in [3.8, 4) is 5.75 Å². The van der Waals surface area contributed by atoms with E-state index in [0.29, 0.717) is 11.3 Å². The summed E-state index contributed by atoms with van der Waals surface area (Å²) in [4.78, 5) is 11.4. The maximum atomic E-state index is 12.8. The molecular formula is C11H10F3NO3. The third-order valence-electron chi connectivity index (χ3n) is 2.91. The van der Waals surface area contributed by atoms with E-state index in [4.69, 9.17) is 4.74 Å². The van der Waals surface area contributed by atoms with Gasteiger partial charge >= 0.3 is 6.18 Å². The molecule has 1 aromatic carbocycles. The average Bonchev–Trinajstić information content (AvgIpc) is 2.51. The lowest BCUT2D eigenvalue weighted by molar-refractivity contribution is -0.252. The Bertz CT molecular complexity index is 527. The fourth-order valence-electron chi connectivity index (χ4n) is 1.93. The van der Waals surface area contributed by atoms with E-state index in [1.165, 1.54) is 20.1 Å². The number of amides is 1. The lowest BCUT2D eigenvalue weighted by atomic mass is 9.93. The predicted molar refractivity (Wildman–Crippen MR) is 56.3 cm³/mol. The van der Waals surface area contributed by atoms with Gasteiger partial charge < -0.3 is 15.2 Å². The first-order valence-electron chi connectivity index (χ1n) is 5.01. The second kappa shape index (κ2) is 3.61. The summed E-state index contributed by atoms with van der Waals surface area (Å²) in [6.45, 7) is 1.53. The van der Waals surface area contributed by atoms with Gasteiger partial charge in [0.1, 0.15) is 5.75 Å². The number of fused-ring (bicyclic) bond motifs is 1. The molecule has 1 atom stereocenters. The number of hydrogen-bond donors (Lipinski definition) is 2. The van der Waals surface area contributed by atoms with Gasteiger partial charge in [0.15, 0.2) is 0 Å². The number of halogens is 3. The number of rotatable bonds is 1. The normalized spacial score (nSPS) is 22.7. The minimum absolute atomic E-state index is 0.0951. The Labute approximate surface area is 100 Å². The zero-order valence-electron chi connectivity index (χ0n) is 9.55. The van der Waals surface area contributed by atoms with Crippen LogP contribution >= 0.6 is 0 Å². The van der Waals surface area contributed by atoms with E-state index in [1.807, 2.05) is 5.32 Å². The Hall–Kier alpha value is -1.76. The monoisotopic (exact) mass is 261 g/mol. The number of hydrogen-bond acceptors (Lipinski definition) is 3. The Morgan fingerprint density at radius 1 is 1.39 bits per heavy atom. The number of aliphatic hydroxyl groups is 1. The molecule has 0 aromatic heterocycles. The van der Waals surface area contributed by atoms with Crippen molar-refractivity contribution in [2.75, 3.05) is 12.4 Å². The summed E-state index contributed by atoms with van der Waals surface area (Å²) >= 11 is 0. The second-order valence-electron chi connectivity index (χ2n) is 4.03. The fourth-order valence-corrected chi connectivity index (χ4v) is 1.93. The van der Waals surface area contributed by atoms with Crippen molar-refractivity contribution in [2.45, 2.75) is 18.7 Å². The van der Waals surface area contributed by atoms with Crippen LogP contribution in [0, 0.1) is 6.92 Å². The number of alkyl halides is 3. The van der Waals surface area contributed by atoms with Crippen LogP contribution in [-0.2, 0) is 10.4 Å². The molecule has 1 unspecified atom stereocenters. The number of nitrogens with one attached hydrogen (secondary N) is 1. The molecule has 1 heterocycles. The van der Waals surface area contributed by atoms with Crippen LogP contribution < -0.4 is 10.1 Å². The van der Waals surface area contributed by atoms with Gasteiger partial charge in [0.2, 0.25) is 0 Å². The summed E-state index contributed by atoms with van der Waals surface area (Å²) < 4.78 is 43.5. The molecule has 1 aliphatic heterocycles. The topological polar surface area (TPSA) is 58.6 Å². The van der Waals surface area contributed by atoms with E-state index < -0.39 is 23.2 Å². The minimum atomic E-state index is -5.08. The standard InChI is InChI=1S/C11H10F3NO3/c1-5-3-6-7(4-8(5)18-2)15-9(16)10(6,17)11(12,13)14/h3-4,17H,1-2H3,(H,15,16). The molecule has 0 aliphatic carbocycles. The van der Waals surface area contributed by atoms with Crippen LogP contribution in [-0.4, -0.2) is 24.3 Å². The van der Waals surface area contributed by atoms with Gasteiger partial charge in [-0.1, -0.05) is 0 Å². The summed E-state index contributed by atoms with van der Waals surface area (Å²) in [5, 5.41) is 11.7. The molecule has 0 bridgehead atoms. The van der Waals surface area contributed by atoms with Gasteiger partial charge in [0.05, 0.1) is 12.8 Å². The van der Waals surface area contributed by atoms with Crippen molar-refractivity contribution >= 4 is 11.6 Å². The molecule has 0 saturated heterocycles. The fraction of sp³-hybridized carbons (Fsp3) is 0.364. The number of benzene rings is 1. The minimum Gasteiger partial charge on any atom is -0.496 e. The third kappa shape index (κ3) is 1.47. The largest absolute Gasteiger partial charge is 0.496 e. The van der Waals surface area contributed by atoms with Crippen LogP contribution in [0.25, 0.3) is 0 Å². The summed E-state index contributed by atoms with van der Waals surface area (Å²) in [6.07, 6.45) is -5.08. The summed E-state index contributed by atoms with van der Waals surface area (Å²) in [5.41, 5.74) is -3.70. The van der Waals surface area contributed by atoms with Crippen molar-refractivity contribution in [3.63, 3.8) is 0 Å². The molecule has 0 fully saturated rings. The van der Waals surface area contributed by atoms with E-state index in [2.05, 4.69) is 0 Å². The zero-order chi connectivity index (χ0) is 13.7. The maximum Gasteiger partial charge on any atom is 0.430 e. The molecule has 0 spiro atoms. The van der Waals surface area contributed by atoms with Crippen molar-refractivity contribution in [1.29, 1.82) is 0 Å². The summed E-state index contributed by atoms with van der Waals surface area (Å²) in [7, 11) is 1.36. The first-order valence-corrected chi connectivity index (χ1v) is 5.01. The quantitative estimate of drug-likeness (QED) is 0.809. The number of anilines is 1. The number of methoxy groups -OCH3 is 1. The molecule has 1 aliphatic rings. The third-order valence-corrected chi connectivity index (χ3v) is 2.91. The molecule has 98 valence electrons. The van der Waals surface area contributed by atoms with E-state index in [-0.39, 0.29) is 5.69 Å². The summed E-state index contributed by atoms with van der Waals surface area (Å²) in [6, 6.07) is 2.35. The predicted octanol–water partition coefficient (Wildman–Crippen LogP) is 1.71. The smallest absolute Gasteiger partial charge is 0.430 e. The van der Waals surface area contributed by atoms with Crippen molar-refractivity contribution < 1.29 is 27.8 Å². The number of carbonyl (C=O) groups is 1. The lowest BCUT2D eigenvalue weighted by Gasteiger charge is -2.24. The molecule has 1 amide bonds. The van der Waals surface area contributed by atoms with Crippen LogP contribution in [0.3, 0.4) is 0 Å². The van der Waals surface area contributed by atoms with Gasteiger partial charge in [-0.2, -0.15) is 13.2 Å². The van der Waals surface area contributed by atoms with E-state index in [9.17, 15) is 23.1 Å². The molecule has 4 nitrogen and oxygen atoms in total. The zero-order valence-corrected chi connectivity index (χ0v) is 9.55. The molecule has 0 saturated carbocycles. The summed E-state index contributed by atoms with van der Waals surface area (Å²) in [5.74, 6) is -1.17. The van der Waals surface area contributed by atoms with Crippen LogP contribution in [0.1, 0.15) is 11.1 Å². The van der Waals surface area contributed by atoms with Crippen molar-refractivity contribution in [2.24, 2.45) is 0 Å². The number of ether oxygens (including phenoxy) is 1. The maximum absolute atomic E-state index is 12.8. The van der Waals surface area contributed by atoms with Crippen LogP contribution in [0.2, 0.25) is 0 Å². The van der Waals surface area contributed by atoms with Crippen LogP contribution in [0.4, 0.5) is 18.9 Å². The highest BCUT2D eigenvalue weighted by Crippen LogP contribution is 2.48. The molecule has 2 N–H and O–H groups in total. The van der Waals surface area contributed by atoms with Gasteiger partial charge in [-0.15, -0.1) is 0 Å². The van der Waals surface area contributed by atoms with Gasteiger partial charge in [-0.05, 0) is 18.6 Å². The molecule has 2 rings (SSSR count). The molecular weight excluding hydrogens is 251 g/mol. The number of aryl methyl sites for hydroxylation is 1. The highest BCUT2D eigenvalue weighted by Gasteiger charge is 2.64. The van der Waals surface area contributed by atoms with E-state index >= 15 is 0 Å². The Kier molecular flexibility index (Phi) is 2.55. The Morgan fingerprint density at radius 3 is 2.50 bits per heavy atom. The Morgan fingerprint density at radius 2 is 2.00 bits per heavy atom. The average molecular weight is 261 g/mol. The highest BCUT2D eigenvalue weighted by molar-refractivity contribution is 6.05. The van der Waals surface area contributed by atoms with Gasteiger partial charge in [0.25, 0.3) is 11.5 Å². The highest BCUT2D eigenvalue weighted by atomic mass is 19.4. The molecule has 7 heteroatoms. The SMILES string of the molecule is COc1cc2c(cc1C)C(O)(C(F)(F)F)C(=O)N2. The van der Waals surface area contributed by atoms with Gasteiger partial charge in [-0.25, -0.2) is 0 Å². The molecule has 1 aromatic rings. The van der Waals surface area contributed by atoms with E-state index in [1.54, 1.807) is 0 Å². The van der Waals surface area contributed by atoms with Gasteiger partial charge in [0, 0.05) is 11.6 Å².